The van der Waals surface area contributed by atoms with Crippen LogP contribution in [0.3, 0.4) is 0 Å². The van der Waals surface area contributed by atoms with Crippen molar-refractivity contribution in [3.8, 4) is 0 Å². The summed E-state index contributed by atoms with van der Waals surface area (Å²) in [4.78, 5) is 15.1. The number of pyridine rings is 1. The SMILES string of the molecule is CC(C)NC(=O)CCNS(=O)(=O)c1cc(Br)cnc1N. The molecule has 4 N–H and O–H groups in total. The van der Waals surface area contributed by atoms with Gasteiger partial charge in [-0.3, -0.25) is 4.79 Å². The van der Waals surface area contributed by atoms with Crippen LogP contribution in [0.15, 0.2) is 21.6 Å². The van der Waals surface area contributed by atoms with Crippen molar-refractivity contribution in [2.45, 2.75) is 31.2 Å². The maximum atomic E-state index is 12.0. The summed E-state index contributed by atoms with van der Waals surface area (Å²) in [6.45, 7) is 3.65. The van der Waals surface area contributed by atoms with Gasteiger partial charge in [-0.05, 0) is 35.8 Å². The number of hydrogen-bond donors (Lipinski definition) is 3. The molecule has 1 aromatic rings. The van der Waals surface area contributed by atoms with Crippen molar-refractivity contribution >= 4 is 37.7 Å². The van der Waals surface area contributed by atoms with Crippen LogP contribution in [0.2, 0.25) is 0 Å². The fourth-order valence-corrected chi connectivity index (χ4v) is 3.04. The molecule has 1 heterocycles. The van der Waals surface area contributed by atoms with Gasteiger partial charge in [-0.15, -0.1) is 0 Å². The lowest BCUT2D eigenvalue weighted by Gasteiger charge is -2.10. The molecule has 0 aliphatic carbocycles. The Bertz CT molecular complexity index is 589. The summed E-state index contributed by atoms with van der Waals surface area (Å²) in [5.74, 6) is -0.310. The molecule has 0 aliphatic rings. The number of nitrogen functional groups attached to an aromatic ring is 1. The van der Waals surface area contributed by atoms with Crippen LogP contribution in [0, 0.1) is 0 Å². The van der Waals surface area contributed by atoms with Crippen molar-refractivity contribution < 1.29 is 13.2 Å². The zero-order chi connectivity index (χ0) is 15.3. The van der Waals surface area contributed by atoms with E-state index in [1.54, 1.807) is 0 Å². The first-order valence-corrected chi connectivity index (χ1v) is 8.20. The average Bonchev–Trinajstić information content (AvgIpc) is 2.30. The number of nitrogens with zero attached hydrogens (tertiary/aromatic N) is 1. The maximum absolute atomic E-state index is 12.0. The van der Waals surface area contributed by atoms with E-state index in [4.69, 9.17) is 5.73 Å². The molecule has 1 rings (SSSR count). The lowest BCUT2D eigenvalue weighted by atomic mass is 10.3. The predicted octanol–water partition coefficient (Wildman–Crippen LogP) is 0.619. The molecule has 0 saturated heterocycles. The molecule has 0 spiro atoms. The van der Waals surface area contributed by atoms with Gasteiger partial charge in [0, 0.05) is 29.7 Å². The van der Waals surface area contributed by atoms with E-state index < -0.39 is 10.0 Å². The highest BCUT2D eigenvalue weighted by Gasteiger charge is 2.18. The molecule has 9 heteroatoms. The Kier molecular flexibility index (Phi) is 5.90. The second-order valence-corrected chi connectivity index (χ2v) is 7.06. The topological polar surface area (TPSA) is 114 Å². The van der Waals surface area contributed by atoms with Gasteiger partial charge in [0.15, 0.2) is 0 Å². The van der Waals surface area contributed by atoms with Crippen molar-refractivity contribution in [1.82, 2.24) is 15.0 Å². The third-order valence-electron chi connectivity index (χ3n) is 2.23. The van der Waals surface area contributed by atoms with Gasteiger partial charge in [-0.2, -0.15) is 0 Å². The van der Waals surface area contributed by atoms with E-state index in [2.05, 4.69) is 31.0 Å². The molecule has 1 aromatic heterocycles. The van der Waals surface area contributed by atoms with Crippen molar-refractivity contribution in [2.24, 2.45) is 0 Å². The van der Waals surface area contributed by atoms with E-state index in [1.165, 1.54) is 12.3 Å². The molecule has 112 valence electrons. The zero-order valence-electron chi connectivity index (χ0n) is 11.2. The summed E-state index contributed by atoms with van der Waals surface area (Å²) >= 11 is 3.13. The molecule has 0 saturated carbocycles. The van der Waals surface area contributed by atoms with E-state index in [-0.39, 0.29) is 35.6 Å². The number of anilines is 1. The number of carbonyl (C=O) groups excluding carboxylic acids is 1. The van der Waals surface area contributed by atoms with Gasteiger partial charge in [0.2, 0.25) is 15.9 Å². The molecule has 0 unspecified atom stereocenters. The molecular formula is C11H17BrN4O3S. The highest BCUT2D eigenvalue weighted by atomic mass is 79.9. The van der Waals surface area contributed by atoms with Gasteiger partial charge in [0.1, 0.15) is 10.7 Å². The molecule has 0 radical (unpaired) electrons. The van der Waals surface area contributed by atoms with Gasteiger partial charge in [0.05, 0.1) is 0 Å². The van der Waals surface area contributed by atoms with E-state index in [9.17, 15) is 13.2 Å². The van der Waals surface area contributed by atoms with Crippen LogP contribution in [-0.2, 0) is 14.8 Å². The van der Waals surface area contributed by atoms with Crippen LogP contribution < -0.4 is 15.8 Å². The minimum Gasteiger partial charge on any atom is -0.383 e. The Labute approximate surface area is 126 Å². The maximum Gasteiger partial charge on any atom is 0.244 e. The second-order valence-electron chi connectivity index (χ2n) is 4.41. The van der Waals surface area contributed by atoms with Crippen LogP contribution in [0.1, 0.15) is 20.3 Å². The Morgan fingerprint density at radius 3 is 2.75 bits per heavy atom. The summed E-state index contributed by atoms with van der Waals surface area (Å²) in [5, 5.41) is 2.67. The quantitative estimate of drug-likeness (QED) is 0.684. The standard InChI is InChI=1S/C11H17BrN4O3S/c1-7(2)16-10(17)3-4-15-20(18,19)9-5-8(12)6-14-11(9)13/h5-7,15H,3-4H2,1-2H3,(H2,13,14)(H,16,17). The van der Waals surface area contributed by atoms with Crippen LogP contribution in [0.5, 0.6) is 0 Å². The Balaban J connectivity index is 2.67. The normalized spacial score (nSPS) is 11.6. The van der Waals surface area contributed by atoms with Gasteiger partial charge < -0.3 is 11.1 Å². The van der Waals surface area contributed by atoms with Crippen molar-refractivity contribution in [3.05, 3.63) is 16.7 Å². The fraction of sp³-hybridized carbons (Fsp3) is 0.455. The molecular weight excluding hydrogens is 348 g/mol. The summed E-state index contributed by atoms with van der Waals surface area (Å²) in [6, 6.07) is 1.38. The van der Waals surface area contributed by atoms with E-state index >= 15 is 0 Å². The number of rotatable bonds is 6. The smallest absolute Gasteiger partial charge is 0.244 e. The number of carbonyl (C=O) groups is 1. The lowest BCUT2D eigenvalue weighted by Crippen LogP contribution is -2.34. The Morgan fingerprint density at radius 1 is 1.50 bits per heavy atom. The van der Waals surface area contributed by atoms with Crippen LogP contribution in [0.25, 0.3) is 0 Å². The molecule has 7 nitrogen and oxygen atoms in total. The number of aromatic nitrogens is 1. The molecule has 0 fully saturated rings. The number of hydrogen-bond acceptors (Lipinski definition) is 5. The summed E-state index contributed by atoms with van der Waals surface area (Å²) in [6.07, 6.45) is 1.46. The van der Waals surface area contributed by atoms with Crippen LogP contribution in [-0.4, -0.2) is 31.9 Å². The third-order valence-corrected chi connectivity index (χ3v) is 4.16. The molecule has 0 bridgehead atoms. The predicted molar refractivity (Wildman–Crippen MR) is 79.4 cm³/mol. The molecule has 0 atom stereocenters. The Hall–Kier alpha value is -1.19. The highest BCUT2D eigenvalue weighted by molar-refractivity contribution is 9.10. The average molecular weight is 365 g/mol. The number of halogens is 1. The third kappa shape index (κ3) is 5.06. The van der Waals surface area contributed by atoms with Gasteiger partial charge in [0.25, 0.3) is 0 Å². The number of nitrogens with two attached hydrogens (primary N) is 1. The summed E-state index contributed by atoms with van der Waals surface area (Å²) in [5.41, 5.74) is 5.54. The summed E-state index contributed by atoms with van der Waals surface area (Å²) < 4.78 is 26.9. The van der Waals surface area contributed by atoms with Crippen LogP contribution >= 0.6 is 15.9 Å². The molecule has 0 aromatic carbocycles. The first-order valence-electron chi connectivity index (χ1n) is 5.92. The lowest BCUT2D eigenvalue weighted by molar-refractivity contribution is -0.121. The molecule has 20 heavy (non-hydrogen) atoms. The van der Waals surface area contributed by atoms with Crippen molar-refractivity contribution in [1.29, 1.82) is 0 Å². The minimum absolute atomic E-state index is 0.00710. The monoisotopic (exact) mass is 364 g/mol. The van der Waals surface area contributed by atoms with Crippen molar-refractivity contribution in [2.75, 3.05) is 12.3 Å². The number of nitrogens with one attached hydrogen (secondary N) is 2. The zero-order valence-corrected chi connectivity index (χ0v) is 13.6. The largest absolute Gasteiger partial charge is 0.383 e. The van der Waals surface area contributed by atoms with Gasteiger partial charge in [-0.1, -0.05) is 0 Å². The molecule has 0 aliphatic heterocycles. The fourth-order valence-electron chi connectivity index (χ4n) is 1.42. The Morgan fingerprint density at radius 2 is 2.15 bits per heavy atom. The van der Waals surface area contributed by atoms with Crippen molar-refractivity contribution in [3.63, 3.8) is 0 Å². The van der Waals surface area contributed by atoms with E-state index in [1.807, 2.05) is 13.8 Å². The van der Waals surface area contributed by atoms with Gasteiger partial charge >= 0.3 is 0 Å². The number of amides is 1. The first kappa shape index (κ1) is 16.9. The summed E-state index contributed by atoms with van der Waals surface area (Å²) in [7, 11) is -3.79. The van der Waals surface area contributed by atoms with Gasteiger partial charge in [-0.25, -0.2) is 18.1 Å². The first-order chi connectivity index (χ1) is 9.22. The van der Waals surface area contributed by atoms with E-state index in [0.717, 1.165) is 0 Å². The highest BCUT2D eigenvalue weighted by Crippen LogP contribution is 2.20. The van der Waals surface area contributed by atoms with E-state index in [0.29, 0.717) is 4.47 Å². The van der Waals surface area contributed by atoms with Crippen LogP contribution in [0.4, 0.5) is 5.82 Å². The second kappa shape index (κ2) is 7.00. The number of sulfonamides is 1. The molecule has 1 amide bonds. The minimum atomic E-state index is -3.79.